The van der Waals surface area contributed by atoms with Gasteiger partial charge in [0.2, 0.25) is 0 Å². The molecule has 82 valence electrons. The molecule has 0 saturated heterocycles. The number of halogens is 2. The number of esters is 1. The highest BCUT2D eigenvalue weighted by Gasteiger charge is 2.45. The molecule has 0 aromatic heterocycles. The van der Waals surface area contributed by atoms with Crippen molar-refractivity contribution in [3.63, 3.8) is 0 Å². The molecule has 0 radical (unpaired) electrons. The molecule has 0 fully saturated rings. The average Bonchev–Trinajstić information content (AvgIpc) is 1.99. The molecule has 14 heavy (non-hydrogen) atoms. The van der Waals surface area contributed by atoms with E-state index in [0.717, 1.165) is 6.08 Å². The van der Waals surface area contributed by atoms with E-state index in [1.54, 1.807) is 0 Å². The maximum absolute atomic E-state index is 12.4. The molecular formula is C6H8F2O5S. The summed E-state index contributed by atoms with van der Waals surface area (Å²) in [6.07, 6.45) is 0.787. The number of carbonyl (C=O) groups is 1. The van der Waals surface area contributed by atoms with Gasteiger partial charge < -0.3 is 4.74 Å². The van der Waals surface area contributed by atoms with Crippen LogP contribution >= 0.6 is 0 Å². The summed E-state index contributed by atoms with van der Waals surface area (Å²) in [7, 11) is -5.55. The second-order valence-electron chi connectivity index (χ2n) is 2.27. The first-order valence-electron chi connectivity index (χ1n) is 3.32. The zero-order chi connectivity index (χ0) is 11.4. The van der Waals surface area contributed by atoms with E-state index in [4.69, 9.17) is 4.55 Å². The molecule has 0 aliphatic rings. The first-order valence-corrected chi connectivity index (χ1v) is 4.76. The molecule has 0 amide bonds. The number of carbonyl (C=O) groups excluding carboxylic acids is 1. The fourth-order valence-electron chi connectivity index (χ4n) is 0.416. The average molecular weight is 230 g/mol. The van der Waals surface area contributed by atoms with Crippen molar-refractivity contribution in [2.24, 2.45) is 0 Å². The minimum atomic E-state index is -5.55. The maximum atomic E-state index is 12.4. The summed E-state index contributed by atoms with van der Waals surface area (Å²) in [5, 5.41) is -4.48. The Labute approximate surface area is 79.1 Å². The van der Waals surface area contributed by atoms with E-state index in [2.05, 4.69) is 11.3 Å². The van der Waals surface area contributed by atoms with E-state index in [1.165, 1.54) is 0 Å². The molecule has 0 aliphatic carbocycles. The summed E-state index contributed by atoms with van der Waals surface area (Å²) in [5.74, 6) is -1.05. The number of ether oxygens (including phenoxy) is 1. The summed E-state index contributed by atoms with van der Waals surface area (Å²) in [6, 6.07) is 0. The summed E-state index contributed by atoms with van der Waals surface area (Å²) >= 11 is 0. The monoisotopic (exact) mass is 230 g/mol. The highest BCUT2D eigenvalue weighted by atomic mass is 32.2. The van der Waals surface area contributed by atoms with Gasteiger partial charge in [0.05, 0.1) is 6.42 Å². The van der Waals surface area contributed by atoms with Gasteiger partial charge in [-0.1, -0.05) is 6.08 Å². The van der Waals surface area contributed by atoms with Gasteiger partial charge in [0.1, 0.15) is 0 Å². The van der Waals surface area contributed by atoms with Crippen LogP contribution in [0.2, 0.25) is 0 Å². The van der Waals surface area contributed by atoms with Crippen molar-refractivity contribution in [2.75, 3.05) is 6.61 Å². The molecule has 0 aromatic carbocycles. The van der Waals surface area contributed by atoms with Crippen LogP contribution in [0.4, 0.5) is 8.78 Å². The number of hydrogen-bond donors (Lipinski definition) is 1. The Morgan fingerprint density at radius 2 is 2.07 bits per heavy atom. The zero-order valence-electron chi connectivity index (χ0n) is 6.94. The highest BCUT2D eigenvalue weighted by molar-refractivity contribution is 7.86. The predicted octanol–water partition coefficient (Wildman–Crippen LogP) is 0.586. The van der Waals surface area contributed by atoms with E-state index < -0.39 is 27.9 Å². The number of alkyl halides is 2. The standard InChI is InChI=1S/C6H8F2O5S/c1-2-3-5(9)13-4-6(7,8)14(10,11)12/h2H,1,3-4H2,(H,10,11,12). The van der Waals surface area contributed by atoms with Crippen LogP contribution in [0.25, 0.3) is 0 Å². The van der Waals surface area contributed by atoms with E-state index in [9.17, 15) is 22.0 Å². The van der Waals surface area contributed by atoms with Crippen molar-refractivity contribution in [1.29, 1.82) is 0 Å². The molecule has 0 aromatic rings. The van der Waals surface area contributed by atoms with Crippen LogP contribution in [0.15, 0.2) is 12.7 Å². The Morgan fingerprint density at radius 1 is 1.57 bits per heavy atom. The van der Waals surface area contributed by atoms with Crippen molar-refractivity contribution >= 4 is 16.1 Å². The van der Waals surface area contributed by atoms with Crippen LogP contribution in [0.3, 0.4) is 0 Å². The molecule has 0 saturated carbocycles. The van der Waals surface area contributed by atoms with Gasteiger partial charge in [-0.3, -0.25) is 9.35 Å². The van der Waals surface area contributed by atoms with E-state index in [1.807, 2.05) is 0 Å². The molecule has 0 unspecified atom stereocenters. The Hall–Kier alpha value is -1.02. The predicted molar refractivity (Wildman–Crippen MR) is 42.3 cm³/mol. The Kier molecular flexibility index (Phi) is 4.14. The molecule has 1 N–H and O–H groups in total. The zero-order valence-corrected chi connectivity index (χ0v) is 7.76. The van der Waals surface area contributed by atoms with Crippen molar-refractivity contribution in [3.8, 4) is 0 Å². The molecule has 5 nitrogen and oxygen atoms in total. The quantitative estimate of drug-likeness (QED) is 0.424. The van der Waals surface area contributed by atoms with E-state index >= 15 is 0 Å². The van der Waals surface area contributed by atoms with Crippen LogP contribution < -0.4 is 0 Å². The van der Waals surface area contributed by atoms with Gasteiger partial charge in [-0.2, -0.15) is 17.2 Å². The van der Waals surface area contributed by atoms with Crippen molar-refractivity contribution in [1.82, 2.24) is 0 Å². The molecule has 0 heterocycles. The summed E-state index contributed by atoms with van der Waals surface area (Å²) in [6.45, 7) is 1.43. The number of rotatable bonds is 5. The van der Waals surface area contributed by atoms with Gasteiger partial charge in [-0.05, 0) is 0 Å². The SMILES string of the molecule is C=CCC(=O)OCC(F)(F)S(=O)(=O)O. The van der Waals surface area contributed by atoms with Gasteiger partial charge in [0.15, 0.2) is 6.61 Å². The first kappa shape index (κ1) is 13.0. The van der Waals surface area contributed by atoms with Crippen molar-refractivity contribution < 1.29 is 31.3 Å². The minimum Gasteiger partial charge on any atom is -0.458 e. The van der Waals surface area contributed by atoms with Crippen molar-refractivity contribution in [3.05, 3.63) is 12.7 Å². The first-order chi connectivity index (χ1) is 6.20. The van der Waals surface area contributed by atoms with Crippen LogP contribution in [0, 0.1) is 0 Å². The topological polar surface area (TPSA) is 80.7 Å². The minimum absolute atomic E-state index is 0.318. The lowest BCUT2D eigenvalue weighted by Gasteiger charge is -2.12. The lowest BCUT2D eigenvalue weighted by atomic mass is 10.4. The Morgan fingerprint density at radius 3 is 2.43 bits per heavy atom. The smallest absolute Gasteiger partial charge is 0.402 e. The molecule has 0 atom stereocenters. The van der Waals surface area contributed by atoms with Gasteiger partial charge in [0.25, 0.3) is 0 Å². The largest absolute Gasteiger partial charge is 0.458 e. The third-order valence-electron chi connectivity index (χ3n) is 1.09. The lowest BCUT2D eigenvalue weighted by molar-refractivity contribution is -0.148. The third-order valence-corrected chi connectivity index (χ3v) is 1.96. The lowest BCUT2D eigenvalue weighted by Crippen LogP contribution is -2.34. The molecular weight excluding hydrogens is 222 g/mol. The molecule has 0 bridgehead atoms. The molecule has 0 spiro atoms. The Bertz CT molecular complexity index is 321. The van der Waals surface area contributed by atoms with Crippen LogP contribution in [0.5, 0.6) is 0 Å². The van der Waals surface area contributed by atoms with Gasteiger partial charge in [-0.15, -0.1) is 6.58 Å². The maximum Gasteiger partial charge on any atom is 0.402 e. The van der Waals surface area contributed by atoms with Crippen molar-refractivity contribution in [2.45, 2.75) is 11.7 Å². The second kappa shape index (κ2) is 4.47. The number of hydrogen-bond acceptors (Lipinski definition) is 4. The summed E-state index contributed by atoms with van der Waals surface area (Å²) in [5.41, 5.74) is 0. The fraction of sp³-hybridized carbons (Fsp3) is 0.500. The molecule has 0 rings (SSSR count). The second-order valence-corrected chi connectivity index (χ2v) is 3.81. The highest BCUT2D eigenvalue weighted by Crippen LogP contribution is 2.20. The van der Waals surface area contributed by atoms with Crippen LogP contribution in [-0.4, -0.2) is 30.8 Å². The fourth-order valence-corrected chi connectivity index (χ4v) is 0.624. The third kappa shape index (κ3) is 3.79. The Balaban J connectivity index is 4.27. The van der Waals surface area contributed by atoms with Gasteiger partial charge in [-0.25, -0.2) is 0 Å². The summed E-state index contributed by atoms with van der Waals surface area (Å²) in [4.78, 5) is 10.5. The summed E-state index contributed by atoms with van der Waals surface area (Å²) < 4.78 is 56.7. The van der Waals surface area contributed by atoms with Gasteiger partial charge >= 0.3 is 21.3 Å². The molecule has 8 heteroatoms. The van der Waals surface area contributed by atoms with Gasteiger partial charge in [0, 0.05) is 0 Å². The molecule has 0 aliphatic heterocycles. The van der Waals surface area contributed by atoms with Crippen LogP contribution in [0.1, 0.15) is 6.42 Å². The van der Waals surface area contributed by atoms with E-state index in [0.29, 0.717) is 0 Å². The van der Waals surface area contributed by atoms with E-state index in [-0.39, 0.29) is 6.42 Å². The normalized spacial score (nSPS) is 12.2. The van der Waals surface area contributed by atoms with Crippen LogP contribution in [-0.2, 0) is 19.6 Å².